The van der Waals surface area contributed by atoms with Crippen molar-refractivity contribution < 1.29 is 33.6 Å². The summed E-state index contributed by atoms with van der Waals surface area (Å²) < 4.78 is 27.5. The number of benzene rings is 2. The summed E-state index contributed by atoms with van der Waals surface area (Å²) in [6.07, 6.45) is 5.40. The lowest BCUT2D eigenvalue weighted by Crippen LogP contribution is -2.33. The molecule has 0 radical (unpaired) electrons. The van der Waals surface area contributed by atoms with Gasteiger partial charge in [-0.1, -0.05) is 5.92 Å². The molecule has 3 N–H and O–H groups in total. The molecule has 2 aromatic rings. The summed E-state index contributed by atoms with van der Waals surface area (Å²) >= 11 is 0. The van der Waals surface area contributed by atoms with Crippen molar-refractivity contribution in [1.82, 2.24) is 5.32 Å². The monoisotopic (exact) mass is 470 g/mol. The summed E-state index contributed by atoms with van der Waals surface area (Å²) in [5.74, 6) is 5.34. The van der Waals surface area contributed by atoms with Crippen LogP contribution in [-0.2, 0) is 11.2 Å². The van der Waals surface area contributed by atoms with Crippen LogP contribution >= 0.6 is 0 Å². The first-order chi connectivity index (χ1) is 16.5. The fraction of sp³-hybridized carbons (Fsp3) is 0.400. The third kappa shape index (κ3) is 6.94. The van der Waals surface area contributed by atoms with Gasteiger partial charge in [-0.15, -0.1) is 6.42 Å². The number of aliphatic hydroxyl groups is 1. The largest absolute Gasteiger partial charge is 0.496 e. The minimum atomic E-state index is -0.733. The van der Waals surface area contributed by atoms with Crippen LogP contribution in [0, 0.1) is 12.3 Å². The quantitative estimate of drug-likeness (QED) is 0.302. The van der Waals surface area contributed by atoms with E-state index in [4.69, 9.17) is 30.1 Å². The average molecular weight is 471 g/mol. The maximum Gasteiger partial charge on any atom is 0.224 e. The molecule has 0 saturated carbocycles. The maximum absolute atomic E-state index is 11.8. The number of fused-ring (bicyclic) bond motifs is 1. The number of methoxy groups -OCH3 is 2. The van der Waals surface area contributed by atoms with E-state index in [-0.39, 0.29) is 19.1 Å². The van der Waals surface area contributed by atoms with Crippen LogP contribution in [0.25, 0.3) is 0 Å². The van der Waals surface area contributed by atoms with Gasteiger partial charge in [-0.25, -0.2) is 0 Å². The van der Waals surface area contributed by atoms with Gasteiger partial charge in [0.25, 0.3) is 0 Å². The number of carbonyl (C=O) groups is 1. The Morgan fingerprint density at radius 2 is 1.76 bits per heavy atom. The molecule has 3 rings (SSSR count). The van der Waals surface area contributed by atoms with E-state index >= 15 is 0 Å². The molecule has 9 heteroatoms. The highest BCUT2D eigenvalue weighted by Gasteiger charge is 2.23. The van der Waals surface area contributed by atoms with Crippen LogP contribution in [0.2, 0.25) is 0 Å². The lowest BCUT2D eigenvalue weighted by Gasteiger charge is -2.23. The zero-order valence-electron chi connectivity index (χ0n) is 19.4. The van der Waals surface area contributed by atoms with E-state index in [0.29, 0.717) is 67.0 Å². The molecule has 9 nitrogen and oxygen atoms in total. The second kappa shape index (κ2) is 12.6. The highest BCUT2D eigenvalue weighted by atomic mass is 16.5. The van der Waals surface area contributed by atoms with Gasteiger partial charge < -0.3 is 39.4 Å². The standard InChI is InChI=1S/C25H30N2O7/c1-4-10-33-23-7-6-22(21-5-8-24(29)27-25(21)23)34-16-17(28)15-26-9-11-32-20-13-18(30-2)12-19(14-20)31-3/h1,6-7,12-14,17,26,28H,5,8-11,15-16H2,2-3H3,(H,27,29). The van der Waals surface area contributed by atoms with Crippen LogP contribution in [0.15, 0.2) is 30.3 Å². The van der Waals surface area contributed by atoms with Crippen LogP contribution in [-0.4, -0.2) is 64.2 Å². The summed E-state index contributed by atoms with van der Waals surface area (Å²) in [7, 11) is 3.16. The minimum absolute atomic E-state index is 0.0888. The summed E-state index contributed by atoms with van der Waals surface area (Å²) in [4.78, 5) is 11.8. The van der Waals surface area contributed by atoms with E-state index < -0.39 is 6.10 Å². The molecule has 34 heavy (non-hydrogen) atoms. The van der Waals surface area contributed by atoms with Crippen molar-refractivity contribution in [2.24, 2.45) is 0 Å². The third-order valence-electron chi connectivity index (χ3n) is 5.09. The molecule has 0 spiro atoms. The topological polar surface area (TPSA) is 108 Å². The molecule has 1 aliphatic heterocycles. The summed E-state index contributed by atoms with van der Waals surface area (Å²) in [5, 5.41) is 16.3. The van der Waals surface area contributed by atoms with Gasteiger partial charge in [0.1, 0.15) is 54.7 Å². The number of hydrogen-bond donors (Lipinski definition) is 3. The summed E-state index contributed by atoms with van der Waals surface area (Å²) in [5.41, 5.74) is 1.40. The van der Waals surface area contributed by atoms with Gasteiger partial charge in [-0.3, -0.25) is 4.79 Å². The van der Waals surface area contributed by atoms with E-state index in [1.165, 1.54) is 0 Å². The molecule has 0 aliphatic carbocycles. The number of ether oxygens (including phenoxy) is 5. The van der Waals surface area contributed by atoms with Crippen LogP contribution in [0.3, 0.4) is 0 Å². The normalized spacial score (nSPS) is 13.2. The molecular weight excluding hydrogens is 440 g/mol. The fourth-order valence-electron chi connectivity index (χ4n) is 3.43. The number of rotatable bonds is 13. The number of aliphatic hydroxyl groups excluding tert-OH is 1. The first-order valence-electron chi connectivity index (χ1n) is 10.9. The van der Waals surface area contributed by atoms with Crippen molar-refractivity contribution in [2.75, 3.05) is 52.4 Å². The number of anilines is 1. The van der Waals surface area contributed by atoms with E-state index in [9.17, 15) is 9.90 Å². The molecule has 0 saturated heterocycles. The molecule has 1 amide bonds. The van der Waals surface area contributed by atoms with Gasteiger partial charge in [0.05, 0.1) is 19.9 Å². The second-order valence-electron chi connectivity index (χ2n) is 7.52. The van der Waals surface area contributed by atoms with E-state index in [1.54, 1.807) is 44.6 Å². The van der Waals surface area contributed by atoms with E-state index in [2.05, 4.69) is 16.6 Å². The Morgan fingerprint density at radius 3 is 2.47 bits per heavy atom. The third-order valence-corrected chi connectivity index (χ3v) is 5.09. The van der Waals surface area contributed by atoms with Crippen molar-refractivity contribution in [2.45, 2.75) is 18.9 Å². The molecular formula is C25H30N2O7. The smallest absolute Gasteiger partial charge is 0.224 e. The molecule has 1 aliphatic rings. The van der Waals surface area contributed by atoms with Crippen molar-refractivity contribution in [3.63, 3.8) is 0 Å². The number of nitrogens with one attached hydrogen (secondary N) is 2. The number of hydrogen-bond acceptors (Lipinski definition) is 8. The van der Waals surface area contributed by atoms with Crippen molar-refractivity contribution >= 4 is 11.6 Å². The van der Waals surface area contributed by atoms with Crippen molar-refractivity contribution in [3.8, 4) is 41.1 Å². The molecule has 1 atom stereocenters. The summed E-state index contributed by atoms with van der Waals surface area (Å²) in [6, 6.07) is 8.78. The first-order valence-corrected chi connectivity index (χ1v) is 10.9. The molecule has 1 unspecified atom stereocenters. The van der Waals surface area contributed by atoms with Gasteiger partial charge in [0.15, 0.2) is 0 Å². The Kier molecular flexibility index (Phi) is 9.26. The zero-order valence-corrected chi connectivity index (χ0v) is 19.4. The van der Waals surface area contributed by atoms with Gasteiger partial charge in [0, 0.05) is 43.3 Å². The predicted molar refractivity (Wildman–Crippen MR) is 127 cm³/mol. The van der Waals surface area contributed by atoms with Crippen LogP contribution in [0.5, 0.6) is 28.7 Å². The highest BCUT2D eigenvalue weighted by Crippen LogP contribution is 2.39. The Morgan fingerprint density at radius 1 is 1.06 bits per heavy atom. The van der Waals surface area contributed by atoms with Crippen molar-refractivity contribution in [3.05, 3.63) is 35.9 Å². The zero-order chi connectivity index (χ0) is 24.3. The second-order valence-corrected chi connectivity index (χ2v) is 7.52. The Labute approximate surface area is 199 Å². The average Bonchev–Trinajstić information content (AvgIpc) is 2.85. The molecule has 0 fully saturated rings. The molecule has 0 aromatic heterocycles. The van der Waals surface area contributed by atoms with Crippen LogP contribution in [0.1, 0.15) is 12.0 Å². The molecule has 0 bridgehead atoms. The summed E-state index contributed by atoms with van der Waals surface area (Å²) in [6.45, 7) is 1.44. The van der Waals surface area contributed by atoms with Gasteiger partial charge in [-0.05, 0) is 18.6 Å². The highest BCUT2D eigenvalue weighted by molar-refractivity contribution is 5.96. The minimum Gasteiger partial charge on any atom is -0.496 e. The van der Waals surface area contributed by atoms with E-state index in [0.717, 1.165) is 5.56 Å². The molecule has 2 aromatic carbocycles. The number of terminal acetylenes is 1. The predicted octanol–water partition coefficient (Wildman–Crippen LogP) is 2.01. The van der Waals surface area contributed by atoms with Crippen molar-refractivity contribution in [1.29, 1.82) is 0 Å². The first kappa shape index (κ1) is 25.0. The number of carbonyl (C=O) groups excluding carboxylic acids is 1. The van der Waals surface area contributed by atoms with Crippen LogP contribution in [0.4, 0.5) is 5.69 Å². The molecule has 1 heterocycles. The fourth-order valence-corrected chi connectivity index (χ4v) is 3.43. The van der Waals surface area contributed by atoms with Gasteiger partial charge in [0.2, 0.25) is 5.91 Å². The Bertz CT molecular complexity index is 997. The SMILES string of the molecule is C#CCOc1ccc(OCC(O)CNCCOc2cc(OC)cc(OC)c2)c2c1NC(=O)CC2. The lowest BCUT2D eigenvalue weighted by atomic mass is 10.0. The van der Waals surface area contributed by atoms with Crippen LogP contribution < -0.4 is 34.3 Å². The van der Waals surface area contributed by atoms with Gasteiger partial charge >= 0.3 is 0 Å². The molecule has 182 valence electrons. The van der Waals surface area contributed by atoms with Gasteiger partial charge in [-0.2, -0.15) is 0 Å². The Balaban J connectivity index is 1.45. The van der Waals surface area contributed by atoms with E-state index in [1.807, 2.05) is 0 Å². The lowest BCUT2D eigenvalue weighted by molar-refractivity contribution is -0.116. The maximum atomic E-state index is 11.8. The number of amides is 1. The Hall–Kier alpha value is -3.61.